The van der Waals surface area contributed by atoms with Gasteiger partial charge >= 0.3 is 5.97 Å². The van der Waals surface area contributed by atoms with Crippen LogP contribution in [0.2, 0.25) is 0 Å². The van der Waals surface area contributed by atoms with E-state index in [1.54, 1.807) is 0 Å². The van der Waals surface area contributed by atoms with Crippen LogP contribution in [0.1, 0.15) is 45.4 Å². The maximum Gasteiger partial charge on any atom is 0.330 e. The van der Waals surface area contributed by atoms with E-state index in [0.717, 1.165) is 12.3 Å². The molecule has 0 heterocycles. The van der Waals surface area contributed by atoms with E-state index >= 15 is 0 Å². The first kappa shape index (κ1) is 11.3. The van der Waals surface area contributed by atoms with Gasteiger partial charge in [0.2, 0.25) is 0 Å². The van der Waals surface area contributed by atoms with Crippen LogP contribution in [0.25, 0.3) is 0 Å². The van der Waals surface area contributed by atoms with E-state index in [2.05, 4.69) is 6.58 Å². The topological polar surface area (TPSA) is 26.3 Å². The molecule has 1 aliphatic rings. The van der Waals surface area contributed by atoms with E-state index in [-0.39, 0.29) is 12.1 Å². The van der Waals surface area contributed by atoms with Crippen molar-refractivity contribution in [3.8, 4) is 0 Å². The summed E-state index contributed by atoms with van der Waals surface area (Å²) in [7, 11) is 0. The fourth-order valence-corrected chi connectivity index (χ4v) is 2.19. The zero-order chi connectivity index (χ0) is 10.4. The normalized spacial score (nSPS) is 20.1. The third-order valence-electron chi connectivity index (χ3n) is 2.87. The molecule has 14 heavy (non-hydrogen) atoms. The molecule has 0 N–H and O–H groups in total. The largest absolute Gasteiger partial charge is 0.460 e. The monoisotopic (exact) mass is 196 g/mol. The van der Waals surface area contributed by atoms with Crippen molar-refractivity contribution in [2.24, 2.45) is 5.92 Å². The lowest BCUT2D eigenvalue weighted by Crippen LogP contribution is -2.18. The molecule has 0 spiro atoms. The summed E-state index contributed by atoms with van der Waals surface area (Å²) in [4.78, 5) is 10.9. The molecular formula is C12H20O2. The second kappa shape index (κ2) is 5.84. The highest BCUT2D eigenvalue weighted by atomic mass is 16.5. The quantitative estimate of drug-likeness (QED) is 0.510. The van der Waals surface area contributed by atoms with Crippen molar-refractivity contribution in [3.05, 3.63) is 12.7 Å². The summed E-state index contributed by atoms with van der Waals surface area (Å²) < 4.78 is 5.15. The molecular weight excluding hydrogens is 176 g/mol. The first-order valence-electron chi connectivity index (χ1n) is 5.55. The second-order valence-corrected chi connectivity index (χ2v) is 4.19. The minimum atomic E-state index is -0.298. The van der Waals surface area contributed by atoms with Crippen molar-refractivity contribution < 1.29 is 9.53 Å². The maximum atomic E-state index is 10.9. The summed E-state index contributed by atoms with van der Waals surface area (Å²) in [6.45, 7) is 5.35. The highest BCUT2D eigenvalue weighted by Gasteiger charge is 2.17. The van der Waals surface area contributed by atoms with Crippen LogP contribution in [0.15, 0.2) is 12.7 Å². The van der Waals surface area contributed by atoms with Crippen molar-refractivity contribution in [2.75, 3.05) is 0 Å². The minimum absolute atomic E-state index is 0.0450. The molecule has 1 rings (SSSR count). The Morgan fingerprint density at radius 1 is 1.50 bits per heavy atom. The van der Waals surface area contributed by atoms with Gasteiger partial charge in [-0.25, -0.2) is 4.79 Å². The number of carbonyl (C=O) groups is 1. The smallest absolute Gasteiger partial charge is 0.330 e. The molecule has 0 aromatic heterocycles. The van der Waals surface area contributed by atoms with Crippen LogP contribution in [0, 0.1) is 5.92 Å². The SMILES string of the molecule is C=CC(=O)OC(C)CC1CCCCC1. The second-order valence-electron chi connectivity index (χ2n) is 4.19. The van der Waals surface area contributed by atoms with Gasteiger partial charge in [-0.15, -0.1) is 0 Å². The minimum Gasteiger partial charge on any atom is -0.460 e. The van der Waals surface area contributed by atoms with Crippen LogP contribution in [-0.2, 0) is 9.53 Å². The molecule has 0 saturated heterocycles. The standard InChI is InChI=1S/C12H20O2/c1-3-12(13)14-10(2)9-11-7-5-4-6-8-11/h3,10-11H,1,4-9H2,2H3. The summed E-state index contributed by atoms with van der Waals surface area (Å²) in [5.74, 6) is 0.463. The lowest BCUT2D eigenvalue weighted by molar-refractivity contribution is -0.142. The van der Waals surface area contributed by atoms with Gasteiger partial charge in [-0.05, 0) is 19.3 Å². The summed E-state index contributed by atoms with van der Waals surface area (Å²) >= 11 is 0. The highest BCUT2D eigenvalue weighted by molar-refractivity contribution is 5.81. The first-order chi connectivity index (χ1) is 6.72. The Bertz CT molecular complexity index is 192. The number of carbonyl (C=O) groups excluding carboxylic acids is 1. The third kappa shape index (κ3) is 3.95. The molecule has 80 valence electrons. The van der Waals surface area contributed by atoms with Crippen LogP contribution in [-0.4, -0.2) is 12.1 Å². The predicted molar refractivity (Wildman–Crippen MR) is 56.9 cm³/mol. The van der Waals surface area contributed by atoms with E-state index in [4.69, 9.17) is 4.74 Å². The van der Waals surface area contributed by atoms with Crippen molar-refractivity contribution in [1.29, 1.82) is 0 Å². The van der Waals surface area contributed by atoms with Gasteiger partial charge in [-0.3, -0.25) is 0 Å². The molecule has 1 atom stereocenters. The van der Waals surface area contributed by atoms with Crippen LogP contribution >= 0.6 is 0 Å². The molecule has 0 aromatic carbocycles. The number of ether oxygens (including phenoxy) is 1. The number of hydrogen-bond acceptors (Lipinski definition) is 2. The highest BCUT2D eigenvalue weighted by Crippen LogP contribution is 2.27. The average molecular weight is 196 g/mol. The first-order valence-corrected chi connectivity index (χ1v) is 5.55. The molecule has 0 amide bonds. The molecule has 1 aliphatic carbocycles. The van der Waals surface area contributed by atoms with Crippen LogP contribution in [0.4, 0.5) is 0 Å². The Morgan fingerprint density at radius 2 is 2.14 bits per heavy atom. The number of rotatable bonds is 4. The molecule has 0 aromatic rings. The zero-order valence-electron chi connectivity index (χ0n) is 9.00. The van der Waals surface area contributed by atoms with Crippen molar-refractivity contribution >= 4 is 5.97 Å². The van der Waals surface area contributed by atoms with Crippen molar-refractivity contribution in [1.82, 2.24) is 0 Å². The van der Waals surface area contributed by atoms with E-state index in [0.29, 0.717) is 0 Å². The van der Waals surface area contributed by atoms with Crippen molar-refractivity contribution in [2.45, 2.75) is 51.6 Å². The van der Waals surface area contributed by atoms with Crippen LogP contribution in [0.5, 0.6) is 0 Å². The van der Waals surface area contributed by atoms with Gasteiger partial charge in [0.25, 0.3) is 0 Å². The van der Waals surface area contributed by atoms with E-state index in [1.165, 1.54) is 38.2 Å². The summed E-state index contributed by atoms with van der Waals surface area (Å²) in [5.41, 5.74) is 0. The number of hydrogen-bond donors (Lipinski definition) is 0. The Balaban J connectivity index is 2.21. The van der Waals surface area contributed by atoms with E-state index in [1.807, 2.05) is 6.92 Å². The Labute approximate surface area is 86.3 Å². The Kier molecular flexibility index (Phi) is 4.71. The third-order valence-corrected chi connectivity index (χ3v) is 2.87. The molecule has 2 heteroatoms. The van der Waals surface area contributed by atoms with Crippen molar-refractivity contribution in [3.63, 3.8) is 0 Å². The molecule has 0 aliphatic heterocycles. The zero-order valence-corrected chi connectivity index (χ0v) is 9.00. The van der Waals surface area contributed by atoms with E-state index in [9.17, 15) is 4.79 Å². The van der Waals surface area contributed by atoms with Crippen LogP contribution in [0.3, 0.4) is 0 Å². The molecule has 1 saturated carbocycles. The number of esters is 1. The Hall–Kier alpha value is -0.790. The Morgan fingerprint density at radius 3 is 2.71 bits per heavy atom. The van der Waals surface area contributed by atoms with Gasteiger partial charge in [0.05, 0.1) is 6.10 Å². The average Bonchev–Trinajstić information content (AvgIpc) is 2.19. The molecule has 1 unspecified atom stereocenters. The molecule has 0 radical (unpaired) electrons. The summed E-state index contributed by atoms with van der Waals surface area (Å²) in [6.07, 6.45) is 8.95. The van der Waals surface area contributed by atoms with Gasteiger partial charge in [-0.2, -0.15) is 0 Å². The van der Waals surface area contributed by atoms with Gasteiger partial charge in [-0.1, -0.05) is 38.7 Å². The van der Waals surface area contributed by atoms with Crippen LogP contribution < -0.4 is 0 Å². The molecule has 0 bridgehead atoms. The predicted octanol–water partition coefficient (Wildman–Crippen LogP) is 3.07. The molecule has 1 fully saturated rings. The fourth-order valence-electron chi connectivity index (χ4n) is 2.19. The van der Waals surface area contributed by atoms with Gasteiger partial charge < -0.3 is 4.74 Å². The van der Waals surface area contributed by atoms with Gasteiger partial charge in [0.1, 0.15) is 0 Å². The summed E-state index contributed by atoms with van der Waals surface area (Å²) in [6, 6.07) is 0. The van der Waals surface area contributed by atoms with E-state index < -0.39 is 0 Å². The van der Waals surface area contributed by atoms with Gasteiger partial charge in [0.15, 0.2) is 0 Å². The lowest BCUT2D eigenvalue weighted by atomic mass is 9.86. The maximum absolute atomic E-state index is 10.9. The van der Waals surface area contributed by atoms with Gasteiger partial charge in [0, 0.05) is 6.08 Å². The molecule has 2 nitrogen and oxygen atoms in total. The summed E-state index contributed by atoms with van der Waals surface area (Å²) in [5, 5.41) is 0. The lowest BCUT2D eigenvalue weighted by Gasteiger charge is -2.24. The fraction of sp³-hybridized carbons (Fsp3) is 0.750.